The van der Waals surface area contributed by atoms with Crippen molar-refractivity contribution in [2.75, 3.05) is 13.1 Å². The van der Waals surface area contributed by atoms with Crippen molar-refractivity contribution in [1.82, 2.24) is 10.2 Å². The first-order chi connectivity index (χ1) is 8.16. The van der Waals surface area contributed by atoms with E-state index in [1.807, 2.05) is 0 Å². The molecule has 0 saturated carbocycles. The second-order valence-corrected chi connectivity index (χ2v) is 5.57. The van der Waals surface area contributed by atoms with Crippen molar-refractivity contribution >= 4 is 0 Å². The van der Waals surface area contributed by atoms with Gasteiger partial charge in [0.1, 0.15) is 0 Å². The van der Waals surface area contributed by atoms with Crippen molar-refractivity contribution in [3.63, 3.8) is 0 Å². The summed E-state index contributed by atoms with van der Waals surface area (Å²) in [7, 11) is 0. The molecule has 2 nitrogen and oxygen atoms in total. The Hall–Kier alpha value is -0.860. The Morgan fingerprint density at radius 1 is 1.06 bits per heavy atom. The highest BCUT2D eigenvalue weighted by atomic mass is 15.2. The van der Waals surface area contributed by atoms with E-state index in [1.165, 1.54) is 11.1 Å². The molecular formula is C15H24N2. The van der Waals surface area contributed by atoms with E-state index in [-0.39, 0.29) is 0 Å². The molecule has 1 aromatic carbocycles. The fraction of sp³-hybridized carbons (Fsp3) is 0.600. The first-order valence-electron chi connectivity index (χ1n) is 6.68. The van der Waals surface area contributed by atoms with E-state index in [0.29, 0.717) is 6.04 Å². The van der Waals surface area contributed by atoms with Crippen LogP contribution in [0.25, 0.3) is 0 Å². The number of rotatable bonds is 5. The molecule has 0 bridgehead atoms. The molecular weight excluding hydrogens is 208 g/mol. The molecule has 2 rings (SSSR count). The number of hydrogen-bond acceptors (Lipinski definition) is 2. The first-order valence-corrected chi connectivity index (χ1v) is 6.68. The zero-order valence-corrected chi connectivity index (χ0v) is 11.2. The van der Waals surface area contributed by atoms with Gasteiger partial charge in [0.25, 0.3) is 0 Å². The summed E-state index contributed by atoms with van der Waals surface area (Å²) in [6.07, 6.45) is 0. The molecule has 1 heterocycles. The predicted molar refractivity (Wildman–Crippen MR) is 72.9 cm³/mol. The van der Waals surface area contributed by atoms with Crippen LogP contribution in [0.1, 0.15) is 31.9 Å². The largest absolute Gasteiger partial charge is 0.315 e. The number of hydrogen-bond donors (Lipinski definition) is 1. The van der Waals surface area contributed by atoms with Crippen molar-refractivity contribution in [3.05, 3.63) is 35.4 Å². The molecule has 0 aliphatic carbocycles. The minimum atomic E-state index is 0.612. The third kappa shape index (κ3) is 3.30. The summed E-state index contributed by atoms with van der Waals surface area (Å²) in [5.74, 6) is 0.734. The maximum absolute atomic E-state index is 3.55. The first kappa shape index (κ1) is 12.6. The molecule has 0 amide bonds. The van der Waals surface area contributed by atoms with Gasteiger partial charge in [-0.25, -0.2) is 0 Å². The summed E-state index contributed by atoms with van der Waals surface area (Å²) in [5.41, 5.74) is 3.01. The van der Waals surface area contributed by atoms with Gasteiger partial charge in [-0.1, -0.05) is 38.1 Å². The van der Waals surface area contributed by atoms with Gasteiger partial charge in [-0.05, 0) is 30.5 Å². The SMILES string of the molecule is CC(C)CNCC(C)N1Cc2ccccc2C1. The maximum Gasteiger partial charge on any atom is 0.0243 e. The van der Waals surface area contributed by atoms with E-state index >= 15 is 0 Å². The molecule has 2 heteroatoms. The summed E-state index contributed by atoms with van der Waals surface area (Å²) in [6.45, 7) is 11.3. The molecule has 0 saturated heterocycles. The molecule has 1 N–H and O–H groups in total. The highest BCUT2D eigenvalue weighted by Crippen LogP contribution is 2.23. The van der Waals surface area contributed by atoms with Gasteiger partial charge in [0.2, 0.25) is 0 Å². The predicted octanol–water partition coefficient (Wildman–Crippen LogP) is 2.64. The minimum Gasteiger partial charge on any atom is -0.315 e. The Morgan fingerprint density at radius 2 is 1.65 bits per heavy atom. The van der Waals surface area contributed by atoms with Crippen LogP contribution in [0.15, 0.2) is 24.3 Å². The van der Waals surface area contributed by atoms with Crippen molar-refractivity contribution in [2.45, 2.75) is 39.9 Å². The Kier molecular flexibility index (Phi) is 4.19. The third-order valence-corrected chi connectivity index (χ3v) is 3.48. The summed E-state index contributed by atoms with van der Waals surface area (Å²) in [6, 6.07) is 9.41. The van der Waals surface area contributed by atoms with Crippen LogP contribution < -0.4 is 5.32 Å². The highest BCUT2D eigenvalue weighted by molar-refractivity contribution is 5.30. The molecule has 0 fully saturated rings. The molecule has 17 heavy (non-hydrogen) atoms. The number of nitrogens with one attached hydrogen (secondary N) is 1. The zero-order valence-electron chi connectivity index (χ0n) is 11.2. The zero-order chi connectivity index (χ0) is 12.3. The van der Waals surface area contributed by atoms with Gasteiger partial charge >= 0.3 is 0 Å². The third-order valence-electron chi connectivity index (χ3n) is 3.48. The van der Waals surface area contributed by atoms with Crippen LogP contribution in [0.4, 0.5) is 0 Å². The van der Waals surface area contributed by atoms with Gasteiger partial charge in [0, 0.05) is 25.7 Å². The summed E-state index contributed by atoms with van der Waals surface area (Å²) in [4.78, 5) is 2.55. The van der Waals surface area contributed by atoms with Crippen LogP contribution in [0, 0.1) is 5.92 Å². The Balaban J connectivity index is 1.81. The van der Waals surface area contributed by atoms with E-state index in [4.69, 9.17) is 0 Å². The highest BCUT2D eigenvalue weighted by Gasteiger charge is 2.22. The molecule has 1 aliphatic heterocycles. The minimum absolute atomic E-state index is 0.612. The number of nitrogens with zero attached hydrogens (tertiary/aromatic N) is 1. The Morgan fingerprint density at radius 3 is 2.18 bits per heavy atom. The van der Waals surface area contributed by atoms with E-state index < -0.39 is 0 Å². The van der Waals surface area contributed by atoms with Crippen LogP contribution >= 0.6 is 0 Å². The quantitative estimate of drug-likeness (QED) is 0.839. The van der Waals surface area contributed by atoms with Gasteiger partial charge in [-0.2, -0.15) is 0 Å². The van der Waals surface area contributed by atoms with Gasteiger partial charge in [0.15, 0.2) is 0 Å². The molecule has 0 aromatic heterocycles. The van der Waals surface area contributed by atoms with Crippen LogP contribution in [-0.2, 0) is 13.1 Å². The van der Waals surface area contributed by atoms with Crippen LogP contribution in [0.3, 0.4) is 0 Å². The normalized spacial score (nSPS) is 17.4. The van der Waals surface area contributed by atoms with Gasteiger partial charge in [0.05, 0.1) is 0 Å². The van der Waals surface area contributed by atoms with E-state index in [9.17, 15) is 0 Å². The Labute approximate surface area is 105 Å². The van der Waals surface area contributed by atoms with Gasteiger partial charge in [-0.15, -0.1) is 0 Å². The topological polar surface area (TPSA) is 15.3 Å². The van der Waals surface area contributed by atoms with Crippen molar-refractivity contribution in [1.29, 1.82) is 0 Å². The smallest absolute Gasteiger partial charge is 0.0243 e. The number of fused-ring (bicyclic) bond motifs is 1. The molecule has 1 aromatic rings. The maximum atomic E-state index is 3.55. The van der Waals surface area contributed by atoms with Crippen LogP contribution in [0.2, 0.25) is 0 Å². The van der Waals surface area contributed by atoms with Crippen molar-refractivity contribution in [3.8, 4) is 0 Å². The van der Waals surface area contributed by atoms with Crippen LogP contribution in [-0.4, -0.2) is 24.0 Å². The molecule has 1 atom stereocenters. The molecule has 1 aliphatic rings. The van der Waals surface area contributed by atoms with E-state index in [2.05, 4.69) is 55.3 Å². The van der Waals surface area contributed by atoms with E-state index in [1.54, 1.807) is 0 Å². The summed E-state index contributed by atoms with van der Waals surface area (Å²) >= 11 is 0. The Bertz CT molecular complexity index is 335. The second-order valence-electron chi connectivity index (χ2n) is 5.57. The number of benzene rings is 1. The van der Waals surface area contributed by atoms with Crippen molar-refractivity contribution < 1.29 is 0 Å². The molecule has 0 spiro atoms. The van der Waals surface area contributed by atoms with Crippen molar-refractivity contribution in [2.24, 2.45) is 5.92 Å². The molecule has 1 unspecified atom stereocenters. The fourth-order valence-electron chi connectivity index (χ4n) is 2.38. The molecule has 0 radical (unpaired) electrons. The standard InChI is InChI=1S/C15H24N2/c1-12(2)8-16-9-13(3)17-10-14-6-4-5-7-15(14)11-17/h4-7,12-13,16H,8-11H2,1-3H3. The second kappa shape index (κ2) is 5.65. The van der Waals surface area contributed by atoms with Crippen LogP contribution in [0.5, 0.6) is 0 Å². The lowest BCUT2D eigenvalue weighted by Crippen LogP contribution is -2.38. The monoisotopic (exact) mass is 232 g/mol. The summed E-state index contributed by atoms with van der Waals surface area (Å²) < 4.78 is 0. The lowest BCUT2D eigenvalue weighted by molar-refractivity contribution is 0.206. The average molecular weight is 232 g/mol. The lowest BCUT2D eigenvalue weighted by Gasteiger charge is -2.24. The lowest BCUT2D eigenvalue weighted by atomic mass is 10.1. The fourth-order valence-corrected chi connectivity index (χ4v) is 2.38. The van der Waals surface area contributed by atoms with Gasteiger partial charge < -0.3 is 5.32 Å². The molecule has 94 valence electrons. The van der Waals surface area contributed by atoms with Gasteiger partial charge in [-0.3, -0.25) is 4.90 Å². The van der Waals surface area contributed by atoms with E-state index in [0.717, 1.165) is 32.1 Å². The summed E-state index contributed by atoms with van der Waals surface area (Å²) in [5, 5.41) is 3.55. The average Bonchev–Trinajstić information content (AvgIpc) is 2.71.